The van der Waals surface area contributed by atoms with Crippen LogP contribution in [-0.4, -0.2) is 31.6 Å². The van der Waals surface area contributed by atoms with E-state index in [4.69, 9.17) is 0 Å². The molecule has 1 fully saturated rings. The second-order valence-corrected chi connectivity index (χ2v) is 8.93. The van der Waals surface area contributed by atoms with Gasteiger partial charge in [0.1, 0.15) is 0 Å². The Morgan fingerprint density at radius 2 is 2.00 bits per heavy atom. The average Bonchev–Trinajstić information content (AvgIpc) is 3.12. The maximum absolute atomic E-state index is 12.7. The van der Waals surface area contributed by atoms with Gasteiger partial charge in [-0.1, -0.05) is 31.1 Å². The lowest BCUT2D eigenvalue weighted by atomic mass is 9.92. The minimum absolute atomic E-state index is 0.252. The average molecular weight is 372 g/mol. The summed E-state index contributed by atoms with van der Waals surface area (Å²) in [6.45, 7) is 1.74. The zero-order valence-corrected chi connectivity index (χ0v) is 15.9. The third kappa shape index (κ3) is 4.30. The van der Waals surface area contributed by atoms with Gasteiger partial charge in [-0.3, -0.25) is 9.78 Å². The minimum atomic E-state index is -3.21. The number of nitrogens with zero attached hydrogens (tertiary/aromatic N) is 1. The molecule has 0 unspecified atom stereocenters. The van der Waals surface area contributed by atoms with Gasteiger partial charge in [-0.2, -0.15) is 0 Å². The molecule has 5 nitrogen and oxygen atoms in total. The van der Waals surface area contributed by atoms with Crippen LogP contribution in [0, 0.1) is 0 Å². The molecule has 0 saturated heterocycles. The van der Waals surface area contributed by atoms with Crippen molar-refractivity contribution in [2.24, 2.45) is 0 Å². The third-order valence-corrected chi connectivity index (χ3v) is 5.47. The van der Waals surface area contributed by atoms with E-state index < -0.39 is 15.9 Å². The highest BCUT2D eigenvalue weighted by Crippen LogP contribution is 2.37. The molecule has 1 aliphatic carbocycles. The Morgan fingerprint density at radius 1 is 1.27 bits per heavy atom. The van der Waals surface area contributed by atoms with Crippen LogP contribution in [-0.2, 0) is 9.84 Å². The predicted octanol–water partition coefficient (Wildman–Crippen LogP) is 3.57. The van der Waals surface area contributed by atoms with Crippen molar-refractivity contribution in [2.45, 2.75) is 44.6 Å². The van der Waals surface area contributed by atoms with Crippen molar-refractivity contribution >= 4 is 26.6 Å². The molecule has 1 aromatic heterocycles. The second kappa shape index (κ2) is 7.58. The van der Waals surface area contributed by atoms with E-state index in [9.17, 15) is 13.2 Å². The number of aromatic nitrogens is 1. The van der Waals surface area contributed by atoms with Gasteiger partial charge in [0.05, 0.1) is 11.1 Å². The summed E-state index contributed by atoms with van der Waals surface area (Å²) in [6, 6.07) is 7.42. The smallest absolute Gasteiger partial charge is 0.253 e. The van der Waals surface area contributed by atoms with Crippen LogP contribution in [0.3, 0.4) is 0 Å². The normalized spacial score (nSPS) is 17.0. The monoisotopic (exact) mass is 372 g/mol. The van der Waals surface area contributed by atoms with Crippen LogP contribution in [0.15, 0.2) is 41.9 Å². The third-order valence-electron chi connectivity index (χ3n) is 4.82. The number of hydrogen-bond donors (Lipinski definition) is 1. The molecule has 1 aromatic carbocycles. The van der Waals surface area contributed by atoms with Crippen molar-refractivity contribution in [2.75, 3.05) is 6.26 Å². The number of nitrogens with one attached hydrogen (secondary N) is 1. The van der Waals surface area contributed by atoms with Crippen molar-refractivity contribution in [1.82, 2.24) is 10.3 Å². The fraction of sp³-hybridized carbons (Fsp3) is 0.400. The van der Waals surface area contributed by atoms with Crippen LogP contribution in [0.4, 0.5) is 0 Å². The van der Waals surface area contributed by atoms with E-state index in [0.717, 1.165) is 17.1 Å². The number of pyridine rings is 1. The summed E-state index contributed by atoms with van der Waals surface area (Å²) in [6.07, 6.45) is 9.15. The van der Waals surface area contributed by atoms with Gasteiger partial charge in [0.25, 0.3) is 5.91 Å². The molecule has 6 heteroatoms. The molecule has 138 valence electrons. The Labute approximate surface area is 154 Å². The highest BCUT2D eigenvalue weighted by atomic mass is 32.2. The first-order valence-corrected chi connectivity index (χ1v) is 10.9. The first kappa shape index (κ1) is 18.6. The van der Waals surface area contributed by atoms with E-state index in [2.05, 4.69) is 10.3 Å². The van der Waals surface area contributed by atoms with E-state index in [1.54, 1.807) is 13.1 Å². The predicted molar refractivity (Wildman–Crippen MR) is 104 cm³/mol. The quantitative estimate of drug-likeness (QED) is 0.870. The zero-order chi connectivity index (χ0) is 18.7. The summed E-state index contributed by atoms with van der Waals surface area (Å²) >= 11 is 0. The number of carbonyl (C=O) groups is 1. The number of carbonyl (C=O) groups excluding carboxylic acids is 1. The van der Waals surface area contributed by atoms with Gasteiger partial charge in [-0.25, -0.2) is 8.42 Å². The second-order valence-electron chi connectivity index (χ2n) is 7.00. The van der Waals surface area contributed by atoms with Gasteiger partial charge in [-0.05, 0) is 43.4 Å². The Balaban J connectivity index is 1.89. The van der Waals surface area contributed by atoms with Gasteiger partial charge < -0.3 is 5.32 Å². The van der Waals surface area contributed by atoms with Crippen molar-refractivity contribution in [3.63, 3.8) is 0 Å². The molecule has 1 N–H and O–H groups in total. The molecule has 1 saturated carbocycles. The summed E-state index contributed by atoms with van der Waals surface area (Å²) in [4.78, 5) is 17.1. The van der Waals surface area contributed by atoms with Gasteiger partial charge in [0.15, 0.2) is 9.84 Å². The molecule has 26 heavy (non-hydrogen) atoms. The topological polar surface area (TPSA) is 76.1 Å². The minimum Gasteiger partial charge on any atom is -0.346 e. The summed E-state index contributed by atoms with van der Waals surface area (Å²) in [5.41, 5.74) is 2.49. The summed E-state index contributed by atoms with van der Waals surface area (Å²) in [5.74, 6) is 0.285. The maximum Gasteiger partial charge on any atom is 0.253 e. The van der Waals surface area contributed by atoms with Crippen LogP contribution in [0.1, 0.15) is 54.4 Å². The summed E-state index contributed by atoms with van der Waals surface area (Å²) < 4.78 is 22.4. The van der Waals surface area contributed by atoms with E-state index in [1.807, 2.05) is 24.3 Å². The SMILES string of the molecule is C[C@@H](/C=C/S(C)(=O)=O)NC(=O)c1ccc(C2CCCC2)c2cccnc12. The lowest BCUT2D eigenvalue weighted by Crippen LogP contribution is -2.31. The van der Waals surface area contributed by atoms with Gasteiger partial charge >= 0.3 is 0 Å². The molecule has 0 spiro atoms. The van der Waals surface area contributed by atoms with E-state index in [1.165, 1.54) is 37.3 Å². The first-order chi connectivity index (χ1) is 12.3. The van der Waals surface area contributed by atoms with E-state index >= 15 is 0 Å². The number of benzene rings is 1. The Hall–Kier alpha value is -2.21. The van der Waals surface area contributed by atoms with Crippen LogP contribution >= 0.6 is 0 Å². The van der Waals surface area contributed by atoms with Crippen molar-refractivity contribution in [3.8, 4) is 0 Å². The summed E-state index contributed by atoms with van der Waals surface area (Å²) in [5, 5.41) is 4.96. The number of amides is 1. The molecule has 2 aromatic rings. The largest absolute Gasteiger partial charge is 0.346 e. The lowest BCUT2D eigenvalue weighted by molar-refractivity contribution is 0.0948. The molecule has 0 bridgehead atoms. The van der Waals surface area contributed by atoms with Crippen LogP contribution < -0.4 is 5.32 Å². The van der Waals surface area contributed by atoms with E-state index in [0.29, 0.717) is 17.0 Å². The van der Waals surface area contributed by atoms with Crippen molar-refractivity contribution in [3.05, 3.63) is 53.1 Å². The molecule has 1 aliphatic rings. The molecular weight excluding hydrogens is 348 g/mol. The highest BCUT2D eigenvalue weighted by molar-refractivity contribution is 7.93. The molecule has 1 amide bonds. The highest BCUT2D eigenvalue weighted by Gasteiger charge is 2.22. The van der Waals surface area contributed by atoms with Gasteiger partial charge in [-0.15, -0.1) is 0 Å². The Kier molecular flexibility index (Phi) is 5.41. The van der Waals surface area contributed by atoms with Crippen LogP contribution in [0.25, 0.3) is 10.9 Å². The molecular formula is C20H24N2O3S. The number of hydrogen-bond acceptors (Lipinski definition) is 4. The van der Waals surface area contributed by atoms with Crippen LogP contribution in [0.5, 0.6) is 0 Å². The molecule has 1 atom stereocenters. The zero-order valence-electron chi connectivity index (χ0n) is 15.1. The fourth-order valence-corrected chi connectivity index (χ4v) is 4.09. The molecule has 0 aliphatic heterocycles. The van der Waals surface area contributed by atoms with Gasteiger partial charge in [0, 0.05) is 29.3 Å². The number of fused-ring (bicyclic) bond motifs is 1. The van der Waals surface area contributed by atoms with E-state index in [-0.39, 0.29) is 5.91 Å². The first-order valence-electron chi connectivity index (χ1n) is 8.92. The lowest BCUT2D eigenvalue weighted by Gasteiger charge is -2.16. The molecule has 3 rings (SSSR count). The maximum atomic E-state index is 12.7. The van der Waals surface area contributed by atoms with Gasteiger partial charge in [0.2, 0.25) is 0 Å². The van der Waals surface area contributed by atoms with Crippen molar-refractivity contribution in [1.29, 1.82) is 0 Å². The molecule has 0 radical (unpaired) electrons. The standard InChI is InChI=1S/C20H24N2O3S/c1-14(11-13-26(2,24)25)22-20(23)18-10-9-16(15-6-3-4-7-15)17-8-5-12-21-19(17)18/h5,8-15H,3-4,6-7H2,1-2H3,(H,22,23)/b13-11+/t14-/m0/s1. The van der Waals surface area contributed by atoms with Crippen molar-refractivity contribution < 1.29 is 13.2 Å². The Bertz CT molecular complexity index is 945. The fourth-order valence-electron chi connectivity index (χ4n) is 3.56. The molecule has 1 heterocycles. The Morgan fingerprint density at radius 3 is 2.69 bits per heavy atom. The summed E-state index contributed by atoms with van der Waals surface area (Å²) in [7, 11) is -3.21. The number of sulfone groups is 1. The number of rotatable bonds is 5. The van der Waals surface area contributed by atoms with Crippen LogP contribution in [0.2, 0.25) is 0 Å².